The van der Waals surface area contributed by atoms with Gasteiger partial charge in [0.1, 0.15) is 6.17 Å². The fourth-order valence-corrected chi connectivity index (χ4v) is 2.77. The smallest absolute Gasteiger partial charge is 0.228 e. The van der Waals surface area contributed by atoms with Crippen molar-refractivity contribution in [2.45, 2.75) is 55.9 Å². The Morgan fingerprint density at radius 2 is 1.76 bits per heavy atom. The van der Waals surface area contributed by atoms with Crippen LogP contribution in [0.4, 0.5) is 5.69 Å². The monoisotopic (exact) mass is 423 g/mol. The molecule has 1 amide bonds. The first-order chi connectivity index (χ1) is 11.7. The number of thiocarbonyl (C=S) groups is 1. The summed E-state index contributed by atoms with van der Waals surface area (Å²) in [4.78, 5) is 11.2. The maximum Gasteiger partial charge on any atom is 0.228 e. The summed E-state index contributed by atoms with van der Waals surface area (Å²) in [6.07, 6.45) is 5.10. The van der Waals surface area contributed by atoms with Gasteiger partial charge in [-0.15, -0.1) is 0 Å². The minimum Gasteiger partial charge on any atom is -0.339 e. The molecule has 0 bridgehead atoms. The molecule has 4 nitrogen and oxygen atoms in total. The van der Waals surface area contributed by atoms with E-state index in [9.17, 15) is 4.79 Å². The molecule has 25 heavy (non-hydrogen) atoms. The highest BCUT2D eigenvalue weighted by atomic mass is 35.6. The van der Waals surface area contributed by atoms with Crippen LogP contribution in [0.25, 0.3) is 0 Å². The van der Waals surface area contributed by atoms with E-state index in [2.05, 4.69) is 35.0 Å². The van der Waals surface area contributed by atoms with Crippen molar-refractivity contribution in [1.29, 1.82) is 0 Å². The summed E-state index contributed by atoms with van der Waals surface area (Å²) < 4.78 is -1.74. The number of unbranched alkanes of at least 4 members (excludes halogenated alkanes) is 3. The number of anilines is 1. The first-order valence-electron chi connectivity index (χ1n) is 8.22. The molecule has 3 N–H and O–H groups in total. The fourth-order valence-electron chi connectivity index (χ4n) is 2.21. The highest BCUT2D eigenvalue weighted by molar-refractivity contribution is 7.80. The number of hydrogen-bond donors (Lipinski definition) is 3. The summed E-state index contributed by atoms with van der Waals surface area (Å²) in [7, 11) is 0. The van der Waals surface area contributed by atoms with Gasteiger partial charge >= 0.3 is 0 Å². The van der Waals surface area contributed by atoms with Crippen molar-refractivity contribution in [3.05, 3.63) is 29.8 Å². The van der Waals surface area contributed by atoms with Gasteiger partial charge in [-0.05, 0) is 42.8 Å². The quantitative estimate of drug-likeness (QED) is 0.240. The number of alkyl halides is 3. The van der Waals surface area contributed by atoms with E-state index in [0.717, 1.165) is 12.1 Å². The number of nitrogens with one attached hydrogen (secondary N) is 3. The molecule has 0 aliphatic carbocycles. The van der Waals surface area contributed by atoms with Gasteiger partial charge in [-0.25, -0.2) is 0 Å². The van der Waals surface area contributed by atoms with Crippen LogP contribution in [-0.4, -0.2) is 21.0 Å². The Balaban J connectivity index is 2.54. The zero-order valence-corrected chi connectivity index (χ0v) is 17.5. The zero-order chi connectivity index (χ0) is 18.9. The molecule has 0 fully saturated rings. The number of carbonyl (C=O) groups is 1. The summed E-state index contributed by atoms with van der Waals surface area (Å²) in [5.74, 6) is -0.334. The van der Waals surface area contributed by atoms with Crippen LogP contribution < -0.4 is 16.0 Å². The van der Waals surface area contributed by atoms with Crippen LogP contribution in [-0.2, 0) is 11.2 Å². The second kappa shape index (κ2) is 11.1. The van der Waals surface area contributed by atoms with Crippen molar-refractivity contribution in [2.24, 2.45) is 0 Å². The van der Waals surface area contributed by atoms with Gasteiger partial charge in [0.05, 0.1) is 0 Å². The van der Waals surface area contributed by atoms with Crippen molar-refractivity contribution in [1.82, 2.24) is 10.6 Å². The number of rotatable bonds is 8. The van der Waals surface area contributed by atoms with Crippen molar-refractivity contribution < 1.29 is 4.79 Å². The number of hydrogen-bond acceptors (Lipinski definition) is 2. The third-order valence-electron chi connectivity index (χ3n) is 3.48. The lowest BCUT2D eigenvalue weighted by atomic mass is 10.1. The average Bonchev–Trinajstić information content (AvgIpc) is 2.51. The maximum atomic E-state index is 11.2. The van der Waals surface area contributed by atoms with Crippen molar-refractivity contribution >= 4 is 63.7 Å². The molecule has 0 aliphatic heterocycles. The maximum absolute atomic E-state index is 11.2. The normalized spacial score (nSPS) is 12.4. The van der Waals surface area contributed by atoms with E-state index in [4.69, 9.17) is 47.0 Å². The molecule has 0 aromatic heterocycles. The molecule has 0 radical (unpaired) electrons. The van der Waals surface area contributed by atoms with E-state index in [1.54, 1.807) is 0 Å². The Bertz CT molecular complexity index is 561. The highest BCUT2D eigenvalue weighted by Crippen LogP contribution is 2.29. The van der Waals surface area contributed by atoms with Crippen LogP contribution in [0.5, 0.6) is 0 Å². The average molecular weight is 425 g/mol. The topological polar surface area (TPSA) is 53.2 Å². The molecule has 1 rings (SSSR count). The lowest BCUT2D eigenvalue weighted by molar-refractivity contribution is -0.119. The summed E-state index contributed by atoms with van der Waals surface area (Å²) in [6, 6.07) is 8.03. The third-order valence-corrected chi connectivity index (χ3v) is 4.36. The molecule has 1 atom stereocenters. The van der Waals surface area contributed by atoms with E-state index in [1.807, 2.05) is 12.1 Å². The number of aryl methyl sites for hydroxylation is 1. The zero-order valence-electron chi connectivity index (χ0n) is 14.4. The van der Waals surface area contributed by atoms with Crippen molar-refractivity contribution in [3.8, 4) is 0 Å². The van der Waals surface area contributed by atoms with E-state index in [0.29, 0.717) is 0 Å². The minimum absolute atomic E-state index is 0.251. The Morgan fingerprint density at radius 1 is 1.12 bits per heavy atom. The number of benzene rings is 1. The molecule has 8 heteroatoms. The fraction of sp³-hybridized carbons (Fsp3) is 0.529. The van der Waals surface area contributed by atoms with E-state index in [-0.39, 0.29) is 11.0 Å². The predicted octanol–water partition coefficient (Wildman–Crippen LogP) is 4.93. The Morgan fingerprint density at radius 3 is 2.28 bits per heavy atom. The Labute approximate surface area is 170 Å². The molecule has 0 heterocycles. The van der Waals surface area contributed by atoms with Crippen LogP contribution in [0, 0.1) is 0 Å². The molecule has 140 valence electrons. The lowest BCUT2D eigenvalue weighted by Gasteiger charge is -2.27. The summed E-state index contributed by atoms with van der Waals surface area (Å²) >= 11 is 22.8. The van der Waals surface area contributed by atoms with Crippen molar-refractivity contribution in [3.63, 3.8) is 0 Å². The van der Waals surface area contributed by atoms with Gasteiger partial charge in [-0.2, -0.15) is 0 Å². The molecular weight excluding hydrogens is 401 g/mol. The SMILES string of the molecule is CCCCCCc1ccc(NC(=S)NC(NC(C)=O)C(Cl)(Cl)Cl)cc1. The lowest BCUT2D eigenvalue weighted by Crippen LogP contribution is -2.55. The number of halogens is 3. The summed E-state index contributed by atoms with van der Waals surface area (Å²) in [6.45, 7) is 3.54. The van der Waals surface area contributed by atoms with Crippen LogP contribution in [0.1, 0.15) is 45.1 Å². The van der Waals surface area contributed by atoms with Crippen LogP contribution in [0.15, 0.2) is 24.3 Å². The van der Waals surface area contributed by atoms with E-state index < -0.39 is 9.96 Å². The summed E-state index contributed by atoms with van der Waals surface area (Å²) in [5.41, 5.74) is 2.11. The molecule has 0 saturated heterocycles. The number of carbonyl (C=O) groups excluding carboxylic acids is 1. The minimum atomic E-state index is -1.74. The first-order valence-corrected chi connectivity index (χ1v) is 9.77. The highest BCUT2D eigenvalue weighted by Gasteiger charge is 2.33. The second-order valence-electron chi connectivity index (χ2n) is 5.78. The molecule has 0 aliphatic rings. The molecular formula is C17H24Cl3N3OS. The van der Waals surface area contributed by atoms with Gasteiger partial charge in [0.25, 0.3) is 0 Å². The molecule has 0 spiro atoms. The standard InChI is InChI=1S/C17H24Cl3N3OS/c1-3-4-5-6-7-13-8-10-14(11-9-13)22-16(25)23-15(17(18,19)20)21-12(2)24/h8-11,15H,3-7H2,1-2H3,(H,21,24)(H2,22,23,25). The van der Waals surface area contributed by atoms with Gasteiger partial charge in [0, 0.05) is 12.6 Å². The van der Waals surface area contributed by atoms with Crippen LogP contribution in [0.2, 0.25) is 0 Å². The van der Waals surface area contributed by atoms with Gasteiger partial charge < -0.3 is 16.0 Å². The molecule has 1 aromatic rings. The van der Waals surface area contributed by atoms with E-state index in [1.165, 1.54) is 38.2 Å². The van der Waals surface area contributed by atoms with Gasteiger partial charge in [-0.1, -0.05) is 73.1 Å². The van der Waals surface area contributed by atoms with Gasteiger partial charge in [0.15, 0.2) is 5.11 Å². The summed E-state index contributed by atoms with van der Waals surface area (Å²) in [5, 5.41) is 8.56. The molecule has 0 saturated carbocycles. The molecule has 1 unspecified atom stereocenters. The van der Waals surface area contributed by atoms with Gasteiger partial charge in [0.2, 0.25) is 9.70 Å². The number of amides is 1. The second-order valence-corrected chi connectivity index (χ2v) is 8.56. The van der Waals surface area contributed by atoms with Crippen LogP contribution >= 0.6 is 47.0 Å². The largest absolute Gasteiger partial charge is 0.339 e. The molecule has 1 aromatic carbocycles. The third kappa shape index (κ3) is 9.50. The van der Waals surface area contributed by atoms with Crippen LogP contribution in [0.3, 0.4) is 0 Å². The van der Waals surface area contributed by atoms with E-state index >= 15 is 0 Å². The predicted molar refractivity (Wildman–Crippen MR) is 112 cm³/mol. The Hall–Kier alpha value is -0.750. The van der Waals surface area contributed by atoms with Gasteiger partial charge in [-0.3, -0.25) is 4.79 Å². The Kier molecular flexibility index (Phi) is 9.87. The first kappa shape index (κ1) is 22.3. The van der Waals surface area contributed by atoms with Crippen molar-refractivity contribution in [2.75, 3.05) is 5.32 Å².